The third kappa shape index (κ3) is 6.01. The van der Waals surface area contributed by atoms with Crippen LogP contribution in [0.2, 0.25) is 0 Å². The zero-order valence-electron chi connectivity index (χ0n) is 23.6. The van der Waals surface area contributed by atoms with Gasteiger partial charge in [-0.15, -0.1) is 0 Å². The number of fused-ring (bicyclic) bond motifs is 1. The van der Waals surface area contributed by atoms with Crippen molar-refractivity contribution in [3.8, 4) is 0 Å². The molecular formula is C32H39N5O3. The van der Waals surface area contributed by atoms with Gasteiger partial charge in [-0.3, -0.25) is 24.7 Å². The average Bonchev–Trinajstić information content (AvgIpc) is 3.35. The predicted octanol–water partition coefficient (Wildman–Crippen LogP) is 4.47. The molecule has 210 valence electrons. The van der Waals surface area contributed by atoms with E-state index in [0.717, 1.165) is 78.6 Å². The summed E-state index contributed by atoms with van der Waals surface area (Å²) in [6, 6.07) is 9.44. The van der Waals surface area contributed by atoms with Crippen molar-refractivity contribution in [1.29, 1.82) is 0 Å². The second-order valence-electron chi connectivity index (χ2n) is 10.3. The minimum Gasteiger partial charge on any atom is -0.398 e. The SMILES string of the molecule is CCCC(C(=O)NC=O)N(C)c1ccc(C2CCN(C3=C/C(=C/C=NCC)C(N)=C3)CC2)c2cccc(C=O)c12. The maximum absolute atomic E-state index is 12.7. The fraction of sp³-hybridized carbons (Fsp3) is 0.375. The number of piperidine rings is 1. The van der Waals surface area contributed by atoms with Crippen molar-refractivity contribution >= 4 is 41.3 Å². The number of likely N-dealkylation sites (tertiary alicyclic amines) is 1. The van der Waals surface area contributed by atoms with Crippen LogP contribution in [0.15, 0.2) is 70.5 Å². The predicted molar refractivity (Wildman–Crippen MR) is 162 cm³/mol. The highest BCUT2D eigenvalue weighted by Gasteiger charge is 2.28. The number of benzene rings is 2. The van der Waals surface area contributed by atoms with E-state index < -0.39 is 6.04 Å². The lowest BCUT2D eigenvalue weighted by Crippen LogP contribution is -2.45. The van der Waals surface area contributed by atoms with E-state index in [1.165, 1.54) is 5.56 Å². The van der Waals surface area contributed by atoms with Gasteiger partial charge in [0, 0.05) is 66.5 Å². The lowest BCUT2D eigenvalue weighted by molar-refractivity contribution is -0.126. The Balaban J connectivity index is 1.61. The van der Waals surface area contributed by atoms with E-state index in [-0.39, 0.29) is 5.91 Å². The van der Waals surface area contributed by atoms with Crippen LogP contribution < -0.4 is 16.0 Å². The standard InChI is InChI=1S/C32H39N5O3/c1-4-7-30(32(40)35-21-39)36(3)29-11-10-26(27-9-6-8-24(20-38)31(27)29)22-13-16-37(17-14-22)25-18-23(28(33)19-25)12-15-34-5-2/h6,8-12,15,18-22,30H,4-5,7,13-14,16-17,33H2,1-3H3,(H,35,39,40)/b23-12-,34-15?. The summed E-state index contributed by atoms with van der Waals surface area (Å²) in [6.07, 6.45) is 12.5. The summed E-state index contributed by atoms with van der Waals surface area (Å²) in [5.74, 6) is -0.0149. The van der Waals surface area contributed by atoms with E-state index >= 15 is 0 Å². The second-order valence-corrected chi connectivity index (χ2v) is 10.3. The molecule has 3 N–H and O–H groups in total. The molecule has 0 saturated carbocycles. The quantitative estimate of drug-likeness (QED) is 0.321. The Morgan fingerprint density at radius 1 is 1.18 bits per heavy atom. The molecule has 1 aliphatic carbocycles. The van der Waals surface area contributed by atoms with Gasteiger partial charge in [-0.05, 0) is 67.3 Å². The van der Waals surface area contributed by atoms with Gasteiger partial charge in [0.2, 0.25) is 12.3 Å². The number of amides is 2. The highest BCUT2D eigenvalue weighted by molar-refractivity contribution is 6.08. The highest BCUT2D eigenvalue weighted by atomic mass is 16.2. The van der Waals surface area contributed by atoms with Crippen LogP contribution in [-0.4, -0.2) is 62.4 Å². The lowest BCUT2D eigenvalue weighted by atomic mass is 9.84. The molecule has 4 rings (SSSR count). The van der Waals surface area contributed by atoms with Gasteiger partial charge in [-0.1, -0.05) is 37.6 Å². The number of anilines is 1. The van der Waals surface area contributed by atoms with Crippen molar-refractivity contribution in [3.63, 3.8) is 0 Å². The summed E-state index contributed by atoms with van der Waals surface area (Å²) >= 11 is 0. The number of carbonyl (C=O) groups is 3. The molecule has 1 heterocycles. The topological polar surface area (TPSA) is 108 Å². The first-order chi connectivity index (χ1) is 19.4. The summed E-state index contributed by atoms with van der Waals surface area (Å²) < 4.78 is 0. The number of hydrogen-bond acceptors (Lipinski definition) is 7. The number of allylic oxidation sites excluding steroid dienone is 3. The lowest BCUT2D eigenvalue weighted by Gasteiger charge is -2.35. The van der Waals surface area contributed by atoms with Crippen LogP contribution in [0.5, 0.6) is 0 Å². The Morgan fingerprint density at radius 3 is 2.62 bits per heavy atom. The van der Waals surface area contributed by atoms with Crippen molar-refractivity contribution in [2.24, 2.45) is 10.7 Å². The normalized spacial score (nSPS) is 17.7. The number of nitrogens with zero attached hydrogens (tertiary/aromatic N) is 3. The molecule has 1 fully saturated rings. The van der Waals surface area contributed by atoms with Gasteiger partial charge in [0.1, 0.15) is 6.04 Å². The molecular weight excluding hydrogens is 502 g/mol. The van der Waals surface area contributed by atoms with E-state index in [0.29, 0.717) is 24.3 Å². The van der Waals surface area contributed by atoms with E-state index in [2.05, 4.69) is 33.4 Å². The summed E-state index contributed by atoms with van der Waals surface area (Å²) in [5.41, 5.74) is 11.8. The molecule has 1 atom stereocenters. The van der Waals surface area contributed by atoms with E-state index in [9.17, 15) is 14.4 Å². The largest absolute Gasteiger partial charge is 0.398 e. The second kappa shape index (κ2) is 13.2. The Labute approximate surface area is 236 Å². The molecule has 2 aromatic carbocycles. The number of aliphatic imine (C=N–C) groups is 1. The van der Waals surface area contributed by atoms with Crippen LogP contribution >= 0.6 is 0 Å². The number of hydrogen-bond donors (Lipinski definition) is 2. The van der Waals surface area contributed by atoms with Gasteiger partial charge in [0.25, 0.3) is 0 Å². The number of imide groups is 1. The summed E-state index contributed by atoms with van der Waals surface area (Å²) in [5, 5.41) is 4.18. The third-order valence-corrected chi connectivity index (χ3v) is 7.91. The molecule has 1 saturated heterocycles. The first-order valence-corrected chi connectivity index (χ1v) is 14.0. The summed E-state index contributed by atoms with van der Waals surface area (Å²) in [4.78, 5) is 44.4. The molecule has 1 aliphatic heterocycles. The van der Waals surface area contributed by atoms with Crippen LogP contribution in [0.4, 0.5) is 5.69 Å². The van der Waals surface area contributed by atoms with Crippen molar-refractivity contribution in [3.05, 3.63) is 76.7 Å². The number of nitrogens with two attached hydrogens (primary N) is 1. The van der Waals surface area contributed by atoms with Gasteiger partial charge >= 0.3 is 0 Å². The maximum Gasteiger partial charge on any atom is 0.249 e. The third-order valence-electron chi connectivity index (χ3n) is 7.91. The van der Waals surface area contributed by atoms with Crippen molar-refractivity contribution in [1.82, 2.24) is 10.2 Å². The highest BCUT2D eigenvalue weighted by Crippen LogP contribution is 2.40. The van der Waals surface area contributed by atoms with Crippen molar-refractivity contribution < 1.29 is 14.4 Å². The molecule has 0 aromatic heterocycles. The number of nitrogens with one attached hydrogen (secondary N) is 1. The number of carbonyl (C=O) groups excluding carboxylic acids is 3. The summed E-state index contributed by atoms with van der Waals surface area (Å²) in [7, 11) is 1.85. The Bertz CT molecular complexity index is 1380. The number of likely N-dealkylation sites (N-methyl/N-ethyl adjacent to an activating group) is 1. The number of rotatable bonds is 11. The van der Waals surface area contributed by atoms with E-state index in [1.54, 1.807) is 6.21 Å². The van der Waals surface area contributed by atoms with Crippen molar-refractivity contribution in [2.75, 3.05) is 31.6 Å². The molecule has 0 radical (unpaired) electrons. The van der Waals surface area contributed by atoms with Crippen molar-refractivity contribution in [2.45, 2.75) is 51.5 Å². The van der Waals surface area contributed by atoms with Gasteiger partial charge in [0.05, 0.1) is 0 Å². The first kappa shape index (κ1) is 28.8. The minimum atomic E-state index is -0.528. The molecule has 0 spiro atoms. The number of aldehydes is 1. The van der Waals surface area contributed by atoms with Crippen LogP contribution in [0, 0.1) is 0 Å². The molecule has 2 aliphatic rings. The Morgan fingerprint density at radius 2 is 1.95 bits per heavy atom. The molecule has 40 heavy (non-hydrogen) atoms. The molecule has 2 amide bonds. The summed E-state index contributed by atoms with van der Waals surface area (Å²) in [6.45, 7) is 6.55. The zero-order chi connectivity index (χ0) is 28.6. The minimum absolute atomic E-state index is 0.333. The Kier molecular flexibility index (Phi) is 9.53. The van der Waals surface area contributed by atoms with Gasteiger partial charge in [0.15, 0.2) is 6.29 Å². The van der Waals surface area contributed by atoms with Gasteiger partial charge in [-0.25, -0.2) is 0 Å². The van der Waals surface area contributed by atoms with Crippen LogP contribution in [0.1, 0.15) is 61.4 Å². The van der Waals surface area contributed by atoms with Gasteiger partial charge < -0.3 is 15.5 Å². The average molecular weight is 542 g/mol. The fourth-order valence-electron chi connectivity index (χ4n) is 5.82. The first-order valence-electron chi connectivity index (χ1n) is 14.0. The Hall–Kier alpha value is -4.20. The smallest absolute Gasteiger partial charge is 0.249 e. The molecule has 1 unspecified atom stereocenters. The van der Waals surface area contributed by atoms with Crippen LogP contribution in [0.3, 0.4) is 0 Å². The zero-order valence-corrected chi connectivity index (χ0v) is 23.6. The van der Waals surface area contributed by atoms with Gasteiger partial charge in [-0.2, -0.15) is 0 Å². The molecule has 8 heteroatoms. The van der Waals surface area contributed by atoms with E-state index in [4.69, 9.17) is 5.73 Å². The molecule has 0 bridgehead atoms. The van der Waals surface area contributed by atoms with Crippen LogP contribution in [0.25, 0.3) is 10.8 Å². The van der Waals surface area contributed by atoms with E-state index in [1.807, 2.05) is 56.1 Å². The maximum atomic E-state index is 12.7. The fourth-order valence-corrected chi connectivity index (χ4v) is 5.82. The molecule has 2 aromatic rings. The van der Waals surface area contributed by atoms with Crippen LogP contribution in [-0.2, 0) is 9.59 Å². The molecule has 8 nitrogen and oxygen atoms in total. The monoisotopic (exact) mass is 541 g/mol.